The smallest absolute Gasteiger partial charge is 0.317 e. The van der Waals surface area contributed by atoms with Gasteiger partial charge in [0.1, 0.15) is 6.04 Å². The lowest BCUT2D eigenvalue weighted by Gasteiger charge is -2.35. The van der Waals surface area contributed by atoms with Crippen molar-refractivity contribution in [3.05, 3.63) is 77.9 Å². The molecule has 1 aliphatic carbocycles. The van der Waals surface area contributed by atoms with Crippen LogP contribution in [0.5, 0.6) is 0 Å². The van der Waals surface area contributed by atoms with E-state index in [2.05, 4.69) is 11.4 Å². The van der Waals surface area contributed by atoms with Gasteiger partial charge in [0.2, 0.25) is 0 Å². The van der Waals surface area contributed by atoms with Crippen LogP contribution in [0.25, 0.3) is 5.57 Å². The van der Waals surface area contributed by atoms with E-state index in [1.54, 1.807) is 4.90 Å². The van der Waals surface area contributed by atoms with E-state index in [0.29, 0.717) is 12.1 Å². The van der Waals surface area contributed by atoms with Crippen LogP contribution in [0.3, 0.4) is 0 Å². The second-order valence-corrected chi connectivity index (χ2v) is 9.60. The standard InChI is InChI=1S/C27H23F3N4O3/c28-27(29,30)17-9-6-10-18(13-17)34-24(35)23-22-14-19(33(23)26(34)37)15-32(22)25(36)31-21-12-5-4-11-20(21)16-7-2-1-3-8-16/h1-2,4-7,9-13,19,22-23H,3,8,14-15H2,(H,31,36)/t19?,22?,23-/m1/s1. The Bertz CT molecular complexity index is 1370. The van der Waals surface area contributed by atoms with Crippen molar-refractivity contribution in [2.24, 2.45) is 0 Å². The molecule has 2 bridgehead atoms. The number of carbonyl (C=O) groups excluding carboxylic acids is 3. The third-order valence-corrected chi connectivity index (χ3v) is 7.49. The minimum Gasteiger partial charge on any atom is -0.317 e. The number of anilines is 2. The van der Waals surface area contributed by atoms with Crippen LogP contribution in [0.1, 0.15) is 30.4 Å². The summed E-state index contributed by atoms with van der Waals surface area (Å²) in [6, 6.07) is 8.82. The summed E-state index contributed by atoms with van der Waals surface area (Å²) in [5, 5.41) is 2.98. The summed E-state index contributed by atoms with van der Waals surface area (Å²) in [7, 11) is 0. The fourth-order valence-corrected chi connectivity index (χ4v) is 5.84. The minimum atomic E-state index is -4.61. The average molecular weight is 509 g/mol. The van der Waals surface area contributed by atoms with Crippen molar-refractivity contribution < 1.29 is 27.6 Å². The van der Waals surface area contributed by atoms with Crippen LogP contribution in [-0.4, -0.2) is 52.4 Å². The number of halogens is 3. The van der Waals surface area contributed by atoms with Crippen LogP contribution in [0.15, 0.2) is 66.8 Å². The zero-order valence-electron chi connectivity index (χ0n) is 19.6. The maximum Gasteiger partial charge on any atom is 0.416 e. The molecule has 0 saturated carbocycles. The van der Waals surface area contributed by atoms with E-state index in [-0.39, 0.29) is 24.3 Å². The molecule has 3 saturated heterocycles. The van der Waals surface area contributed by atoms with E-state index in [9.17, 15) is 27.6 Å². The molecule has 2 unspecified atom stereocenters. The van der Waals surface area contributed by atoms with Gasteiger partial charge in [-0.3, -0.25) is 4.79 Å². The van der Waals surface area contributed by atoms with Crippen LogP contribution in [0.4, 0.5) is 34.1 Å². The lowest BCUT2D eigenvalue weighted by Crippen LogP contribution is -2.55. The van der Waals surface area contributed by atoms with Gasteiger partial charge < -0.3 is 15.1 Å². The number of benzene rings is 2. The van der Waals surface area contributed by atoms with E-state index in [0.717, 1.165) is 41.0 Å². The molecular formula is C27H23F3N4O3. The molecule has 2 aromatic rings. The van der Waals surface area contributed by atoms with E-state index in [4.69, 9.17) is 0 Å². The Balaban J connectivity index is 1.23. The SMILES string of the molecule is O=C1[C@H]2C3CC(CN3C(=O)Nc3ccccc3C3=CC=CCC3)N2C(=O)N1c1cccc(C(F)(F)F)c1. The van der Waals surface area contributed by atoms with Gasteiger partial charge in [0.15, 0.2) is 0 Å². The molecule has 6 rings (SSSR count). The first-order valence-corrected chi connectivity index (χ1v) is 12.1. The van der Waals surface area contributed by atoms with E-state index < -0.39 is 35.8 Å². The number of imide groups is 1. The molecule has 10 heteroatoms. The fraction of sp³-hybridized carbons (Fsp3) is 0.296. The molecule has 7 nitrogen and oxygen atoms in total. The number of nitrogens with zero attached hydrogens (tertiary/aromatic N) is 3. The number of fused-ring (bicyclic) bond motifs is 5. The van der Waals surface area contributed by atoms with Crippen molar-refractivity contribution in [1.29, 1.82) is 0 Å². The Hall–Kier alpha value is -4.08. The molecule has 5 amide bonds. The summed E-state index contributed by atoms with van der Waals surface area (Å²) >= 11 is 0. The molecule has 2 aromatic carbocycles. The number of alkyl halides is 3. The number of rotatable bonds is 3. The van der Waals surface area contributed by atoms with Gasteiger partial charge in [-0.25, -0.2) is 14.5 Å². The molecule has 1 N–H and O–H groups in total. The summed E-state index contributed by atoms with van der Waals surface area (Å²) in [6.07, 6.45) is 3.71. The summed E-state index contributed by atoms with van der Waals surface area (Å²) < 4.78 is 39.7. The van der Waals surface area contributed by atoms with Crippen molar-refractivity contribution in [1.82, 2.24) is 9.80 Å². The largest absolute Gasteiger partial charge is 0.416 e. The average Bonchev–Trinajstić information content (AvgIpc) is 3.56. The van der Waals surface area contributed by atoms with Gasteiger partial charge in [0.25, 0.3) is 5.91 Å². The summed E-state index contributed by atoms with van der Waals surface area (Å²) in [4.78, 5) is 43.6. The Kier molecular flexibility index (Phi) is 5.36. The molecule has 3 atom stereocenters. The van der Waals surface area contributed by atoms with Crippen molar-refractivity contribution in [2.45, 2.75) is 43.6 Å². The molecule has 3 heterocycles. The molecule has 0 radical (unpaired) electrons. The molecule has 3 aliphatic heterocycles. The first-order valence-electron chi connectivity index (χ1n) is 12.1. The lowest BCUT2D eigenvalue weighted by molar-refractivity contribution is -0.137. The molecule has 37 heavy (non-hydrogen) atoms. The summed E-state index contributed by atoms with van der Waals surface area (Å²) in [6.45, 7) is 0.246. The van der Waals surface area contributed by atoms with Gasteiger partial charge in [-0.15, -0.1) is 0 Å². The Morgan fingerprint density at radius 2 is 1.86 bits per heavy atom. The highest BCUT2D eigenvalue weighted by molar-refractivity contribution is 6.22. The van der Waals surface area contributed by atoms with Crippen molar-refractivity contribution >= 4 is 34.9 Å². The zero-order valence-corrected chi connectivity index (χ0v) is 19.6. The molecular weight excluding hydrogens is 485 g/mol. The number of piperazine rings is 1. The predicted molar refractivity (Wildman–Crippen MR) is 131 cm³/mol. The third-order valence-electron chi connectivity index (χ3n) is 7.49. The number of hydrogen-bond acceptors (Lipinski definition) is 3. The fourth-order valence-electron chi connectivity index (χ4n) is 5.84. The van der Waals surface area contributed by atoms with Gasteiger partial charge in [-0.2, -0.15) is 13.2 Å². The minimum absolute atomic E-state index is 0.127. The molecule has 3 fully saturated rings. The number of nitrogens with one attached hydrogen (secondary N) is 1. The van der Waals surface area contributed by atoms with E-state index in [1.807, 2.05) is 36.4 Å². The number of carbonyl (C=O) groups is 3. The number of amides is 5. The van der Waals surface area contributed by atoms with Crippen LogP contribution in [0.2, 0.25) is 0 Å². The Morgan fingerprint density at radius 3 is 2.62 bits per heavy atom. The van der Waals surface area contributed by atoms with Crippen molar-refractivity contribution in [2.75, 3.05) is 16.8 Å². The van der Waals surface area contributed by atoms with Gasteiger partial charge >= 0.3 is 18.2 Å². The molecule has 190 valence electrons. The van der Waals surface area contributed by atoms with Crippen molar-refractivity contribution in [3.63, 3.8) is 0 Å². The highest BCUT2D eigenvalue weighted by Crippen LogP contribution is 2.43. The maximum absolute atomic E-state index is 13.4. The monoisotopic (exact) mass is 508 g/mol. The first kappa shape index (κ1) is 23.3. The van der Waals surface area contributed by atoms with Gasteiger partial charge in [-0.05, 0) is 49.1 Å². The van der Waals surface area contributed by atoms with Gasteiger partial charge in [-0.1, -0.05) is 42.5 Å². The Labute approximate surface area is 210 Å². The van der Waals surface area contributed by atoms with Crippen LogP contribution in [-0.2, 0) is 11.0 Å². The maximum atomic E-state index is 13.4. The van der Waals surface area contributed by atoms with Crippen molar-refractivity contribution in [3.8, 4) is 0 Å². The number of likely N-dealkylation sites (tertiary alicyclic amines) is 1. The number of para-hydroxylation sites is 1. The molecule has 0 spiro atoms. The number of allylic oxidation sites excluding steroid dienone is 4. The molecule has 0 aromatic heterocycles. The summed E-state index contributed by atoms with van der Waals surface area (Å²) in [5.74, 6) is -0.617. The highest BCUT2D eigenvalue weighted by Gasteiger charge is 2.63. The third kappa shape index (κ3) is 3.78. The highest BCUT2D eigenvalue weighted by atomic mass is 19.4. The Morgan fingerprint density at radius 1 is 1.05 bits per heavy atom. The zero-order chi connectivity index (χ0) is 25.9. The van der Waals surface area contributed by atoms with E-state index in [1.165, 1.54) is 17.0 Å². The van der Waals surface area contributed by atoms with Gasteiger partial charge in [0, 0.05) is 17.8 Å². The predicted octanol–water partition coefficient (Wildman–Crippen LogP) is 5.26. The first-order chi connectivity index (χ1) is 17.7. The topological polar surface area (TPSA) is 73.0 Å². The second kappa shape index (κ2) is 8.50. The lowest BCUT2D eigenvalue weighted by atomic mass is 9.96. The van der Waals surface area contributed by atoms with Crippen LogP contribution >= 0.6 is 0 Å². The van der Waals surface area contributed by atoms with Crippen LogP contribution < -0.4 is 10.2 Å². The van der Waals surface area contributed by atoms with Crippen LogP contribution in [0, 0.1) is 0 Å². The normalized spacial score (nSPS) is 24.6. The second-order valence-electron chi connectivity index (χ2n) is 9.60. The number of hydrogen-bond donors (Lipinski definition) is 1. The quantitative estimate of drug-likeness (QED) is 0.575. The van der Waals surface area contributed by atoms with Gasteiger partial charge in [0.05, 0.1) is 23.3 Å². The summed E-state index contributed by atoms with van der Waals surface area (Å²) in [5.41, 5.74) is 1.63. The van der Waals surface area contributed by atoms with E-state index >= 15 is 0 Å². The molecule has 4 aliphatic rings. The number of urea groups is 2.